The number of nitrogens with one attached hydrogen (secondary N) is 1. The zero-order valence-electron chi connectivity index (χ0n) is 18.1. The molecule has 0 bridgehead atoms. The van der Waals surface area contributed by atoms with Gasteiger partial charge in [0.15, 0.2) is 0 Å². The number of amides is 1. The van der Waals surface area contributed by atoms with Crippen LogP contribution >= 0.6 is 0 Å². The quantitative estimate of drug-likeness (QED) is 0.669. The maximum Gasteiger partial charge on any atom is 0.249 e. The van der Waals surface area contributed by atoms with Crippen LogP contribution in [0.3, 0.4) is 0 Å². The number of hydrogen-bond acceptors (Lipinski definition) is 6. The van der Waals surface area contributed by atoms with Crippen molar-refractivity contribution in [1.82, 2.24) is 4.31 Å². The normalized spacial score (nSPS) is 15.8. The average Bonchev–Trinajstić information content (AvgIpc) is 2.80. The molecule has 1 N–H and O–H groups in total. The second kappa shape index (κ2) is 10.1. The lowest BCUT2D eigenvalue weighted by Crippen LogP contribution is -2.41. The number of nitrogens with zero attached hydrogens (tertiary/aromatic N) is 2. The molecule has 1 fully saturated rings. The number of morpholine rings is 1. The van der Waals surface area contributed by atoms with E-state index in [1.807, 2.05) is 37.3 Å². The van der Waals surface area contributed by atoms with E-state index in [1.165, 1.54) is 17.5 Å². The summed E-state index contributed by atoms with van der Waals surface area (Å²) >= 11 is 0. The van der Waals surface area contributed by atoms with Crippen molar-refractivity contribution in [3.8, 4) is 5.75 Å². The second-order valence-corrected chi connectivity index (χ2v) is 9.07. The predicted molar refractivity (Wildman–Crippen MR) is 120 cm³/mol. The molecule has 8 nitrogen and oxygen atoms in total. The number of carbonyl (C=O) groups is 1. The molecule has 3 rings (SSSR count). The summed E-state index contributed by atoms with van der Waals surface area (Å²) in [6.07, 6.45) is 0. The van der Waals surface area contributed by atoms with E-state index < -0.39 is 16.1 Å². The van der Waals surface area contributed by atoms with Gasteiger partial charge in [-0.1, -0.05) is 18.2 Å². The van der Waals surface area contributed by atoms with Crippen molar-refractivity contribution in [2.24, 2.45) is 0 Å². The van der Waals surface area contributed by atoms with Crippen molar-refractivity contribution in [3.63, 3.8) is 0 Å². The molecule has 0 radical (unpaired) electrons. The molecule has 2 aromatic rings. The minimum atomic E-state index is -3.75. The Bertz CT molecular complexity index is 991. The maximum atomic E-state index is 13.2. The number of para-hydroxylation sites is 1. The Balaban J connectivity index is 1.83. The molecule has 2 aromatic carbocycles. The first-order valence-electron chi connectivity index (χ1n) is 10.3. The maximum absolute atomic E-state index is 13.2. The number of ether oxygens (including phenoxy) is 2. The van der Waals surface area contributed by atoms with Gasteiger partial charge in [-0.15, -0.1) is 0 Å². The summed E-state index contributed by atoms with van der Waals surface area (Å²) in [4.78, 5) is 14.8. The molecule has 1 amide bonds. The molecule has 0 aliphatic carbocycles. The number of anilines is 2. The minimum Gasteiger partial charge on any atom is -0.495 e. The van der Waals surface area contributed by atoms with E-state index in [-0.39, 0.29) is 16.6 Å². The van der Waals surface area contributed by atoms with Gasteiger partial charge in [0.05, 0.1) is 20.3 Å². The van der Waals surface area contributed by atoms with Gasteiger partial charge in [-0.25, -0.2) is 8.42 Å². The smallest absolute Gasteiger partial charge is 0.249 e. The van der Waals surface area contributed by atoms with Crippen molar-refractivity contribution in [2.75, 3.05) is 50.2 Å². The van der Waals surface area contributed by atoms with E-state index in [2.05, 4.69) is 5.32 Å². The first-order valence-corrected chi connectivity index (χ1v) is 11.7. The molecule has 1 aliphatic rings. The zero-order valence-corrected chi connectivity index (χ0v) is 18.9. The largest absolute Gasteiger partial charge is 0.495 e. The molecule has 31 heavy (non-hydrogen) atoms. The van der Waals surface area contributed by atoms with Crippen LogP contribution in [0.5, 0.6) is 5.75 Å². The average molecular weight is 448 g/mol. The fourth-order valence-corrected chi connectivity index (χ4v) is 5.10. The van der Waals surface area contributed by atoms with Gasteiger partial charge in [0.2, 0.25) is 15.9 Å². The van der Waals surface area contributed by atoms with Gasteiger partial charge in [-0.3, -0.25) is 4.79 Å². The molecule has 1 unspecified atom stereocenters. The number of likely N-dealkylation sites (N-methyl/N-ethyl adjacent to an activating group) is 1. The van der Waals surface area contributed by atoms with E-state index in [4.69, 9.17) is 9.47 Å². The highest BCUT2D eigenvalue weighted by atomic mass is 32.2. The number of methoxy groups -OCH3 is 1. The van der Waals surface area contributed by atoms with Crippen LogP contribution in [-0.2, 0) is 19.6 Å². The molecule has 1 saturated heterocycles. The number of hydrogen-bond donors (Lipinski definition) is 1. The lowest BCUT2D eigenvalue weighted by atomic mass is 10.2. The molecular formula is C22H29N3O5S. The Hall–Kier alpha value is -2.62. The SMILES string of the molecule is CCN(C(=O)C(C)Nc1ccc(OC)c(S(=O)(=O)N2CCOCC2)c1)c1ccccc1. The number of rotatable bonds is 8. The Morgan fingerprint density at radius 1 is 1.19 bits per heavy atom. The highest BCUT2D eigenvalue weighted by Crippen LogP contribution is 2.30. The van der Waals surface area contributed by atoms with Crippen molar-refractivity contribution in [1.29, 1.82) is 0 Å². The summed E-state index contributed by atoms with van der Waals surface area (Å²) in [7, 11) is -2.32. The zero-order chi connectivity index (χ0) is 22.4. The van der Waals surface area contributed by atoms with E-state index >= 15 is 0 Å². The van der Waals surface area contributed by atoms with Crippen LogP contribution in [0, 0.1) is 0 Å². The van der Waals surface area contributed by atoms with Gasteiger partial charge in [-0.05, 0) is 44.2 Å². The molecule has 1 aliphatic heterocycles. The Morgan fingerprint density at radius 2 is 1.87 bits per heavy atom. The number of sulfonamides is 1. The van der Waals surface area contributed by atoms with E-state index in [1.54, 1.807) is 24.0 Å². The van der Waals surface area contributed by atoms with Crippen LogP contribution in [-0.4, -0.2) is 64.6 Å². The molecular weight excluding hydrogens is 418 g/mol. The summed E-state index contributed by atoms with van der Waals surface area (Å²) in [5.41, 5.74) is 1.34. The first-order chi connectivity index (χ1) is 14.9. The Morgan fingerprint density at radius 3 is 2.48 bits per heavy atom. The van der Waals surface area contributed by atoms with Crippen LogP contribution in [0.15, 0.2) is 53.4 Å². The standard InChI is InChI=1S/C22H29N3O5S/c1-4-25(19-8-6-5-7-9-19)22(26)17(2)23-18-10-11-20(29-3)21(16-18)31(27,28)24-12-14-30-15-13-24/h5-11,16-17,23H,4,12-15H2,1-3H3. The summed E-state index contributed by atoms with van der Waals surface area (Å²) in [5.74, 6) is 0.151. The molecule has 1 heterocycles. The lowest BCUT2D eigenvalue weighted by Gasteiger charge is -2.27. The van der Waals surface area contributed by atoms with Crippen LogP contribution in [0.4, 0.5) is 11.4 Å². The summed E-state index contributed by atoms with van der Waals surface area (Å²) in [6.45, 7) is 5.50. The summed E-state index contributed by atoms with van der Waals surface area (Å²) < 4.78 is 38.3. The van der Waals surface area contributed by atoms with Gasteiger partial charge in [0.25, 0.3) is 0 Å². The minimum absolute atomic E-state index is 0.0666. The topological polar surface area (TPSA) is 88.2 Å². The fourth-order valence-electron chi connectivity index (χ4n) is 3.51. The van der Waals surface area contributed by atoms with E-state index in [9.17, 15) is 13.2 Å². The number of carbonyl (C=O) groups excluding carboxylic acids is 1. The fraction of sp³-hybridized carbons (Fsp3) is 0.409. The van der Waals surface area contributed by atoms with Crippen LogP contribution in [0.1, 0.15) is 13.8 Å². The third-order valence-corrected chi connectivity index (χ3v) is 7.08. The van der Waals surface area contributed by atoms with Gasteiger partial charge in [-0.2, -0.15) is 4.31 Å². The molecule has 0 saturated carbocycles. The summed E-state index contributed by atoms with van der Waals surface area (Å²) in [5, 5.41) is 3.14. The van der Waals surface area contributed by atoms with Crippen molar-refractivity contribution in [3.05, 3.63) is 48.5 Å². The van der Waals surface area contributed by atoms with Crippen LogP contribution in [0.2, 0.25) is 0 Å². The molecule has 1 atom stereocenters. The highest BCUT2D eigenvalue weighted by Gasteiger charge is 2.30. The van der Waals surface area contributed by atoms with Gasteiger partial charge in [0.1, 0.15) is 16.7 Å². The van der Waals surface area contributed by atoms with Crippen LogP contribution < -0.4 is 15.0 Å². The molecule has 0 spiro atoms. The Labute approximate surface area is 183 Å². The third-order valence-electron chi connectivity index (χ3n) is 5.16. The number of benzene rings is 2. The van der Waals surface area contributed by atoms with Gasteiger partial charge in [0, 0.05) is 31.0 Å². The molecule has 0 aromatic heterocycles. The van der Waals surface area contributed by atoms with Gasteiger partial charge < -0.3 is 19.7 Å². The third kappa shape index (κ3) is 5.17. The predicted octanol–water partition coefficient (Wildman–Crippen LogP) is 2.57. The lowest BCUT2D eigenvalue weighted by molar-refractivity contribution is -0.119. The van der Waals surface area contributed by atoms with Crippen molar-refractivity contribution >= 4 is 27.3 Å². The Kier molecular flexibility index (Phi) is 7.53. The van der Waals surface area contributed by atoms with E-state index in [0.29, 0.717) is 38.5 Å². The van der Waals surface area contributed by atoms with Crippen molar-refractivity contribution < 1.29 is 22.7 Å². The van der Waals surface area contributed by atoms with Gasteiger partial charge >= 0.3 is 0 Å². The monoisotopic (exact) mass is 447 g/mol. The second-order valence-electron chi connectivity index (χ2n) is 7.17. The molecule has 9 heteroatoms. The highest BCUT2D eigenvalue weighted by molar-refractivity contribution is 7.89. The summed E-state index contributed by atoms with van der Waals surface area (Å²) in [6, 6.07) is 13.7. The van der Waals surface area contributed by atoms with E-state index in [0.717, 1.165) is 5.69 Å². The first kappa shape index (κ1) is 23.1. The van der Waals surface area contributed by atoms with Crippen molar-refractivity contribution in [2.45, 2.75) is 24.8 Å². The molecule has 168 valence electrons. The van der Waals surface area contributed by atoms with Crippen LogP contribution in [0.25, 0.3) is 0 Å².